The first-order chi connectivity index (χ1) is 9.70. The van der Waals surface area contributed by atoms with E-state index in [9.17, 15) is 15.2 Å². The van der Waals surface area contributed by atoms with Crippen molar-refractivity contribution in [3.63, 3.8) is 0 Å². The molecule has 2 aliphatic rings. The summed E-state index contributed by atoms with van der Waals surface area (Å²) in [6.45, 7) is -0.0633. The monoisotopic (exact) mass is 289 g/mol. The summed E-state index contributed by atoms with van der Waals surface area (Å²) in [6, 6.07) is 4.95. The van der Waals surface area contributed by atoms with Crippen molar-refractivity contribution in [2.45, 2.75) is 5.25 Å². The van der Waals surface area contributed by atoms with Crippen LogP contribution in [-0.2, 0) is 4.18 Å². The Labute approximate surface area is 118 Å². The maximum absolute atomic E-state index is 11.1. The first-order valence-corrected chi connectivity index (χ1v) is 6.81. The van der Waals surface area contributed by atoms with Crippen molar-refractivity contribution < 1.29 is 14.2 Å². The molecule has 0 radical (unpaired) electrons. The number of nitro groups is 1. The van der Waals surface area contributed by atoms with Gasteiger partial charge in [-0.1, -0.05) is 30.4 Å². The molecule has 1 aliphatic carbocycles. The van der Waals surface area contributed by atoms with Crippen LogP contribution in [0.25, 0.3) is 11.8 Å². The molecule has 1 aromatic carbocycles. The number of aliphatic hydroxyl groups excluding tert-OH is 1. The normalized spacial score (nSPS) is 19.9. The van der Waals surface area contributed by atoms with Gasteiger partial charge in [-0.3, -0.25) is 10.1 Å². The number of nitrogens with zero attached hydrogens (tertiary/aromatic N) is 1. The van der Waals surface area contributed by atoms with Gasteiger partial charge in [0.05, 0.1) is 34.0 Å². The summed E-state index contributed by atoms with van der Waals surface area (Å²) in [5.41, 5.74) is 1.70. The average molecular weight is 289 g/mol. The quantitative estimate of drug-likeness (QED) is 0.500. The smallest absolute Gasteiger partial charge is 0.280 e. The Bertz CT molecular complexity index is 751. The Balaban J connectivity index is 2.36. The number of aliphatic hydroxyl groups is 1. The molecule has 5 nitrogen and oxygen atoms in total. The molecule has 6 heteroatoms. The summed E-state index contributed by atoms with van der Waals surface area (Å²) in [4.78, 5) is 10.7. The fraction of sp³-hybridized carbons (Fsp3) is 0.143. The highest BCUT2D eigenvalue weighted by molar-refractivity contribution is 7.96. The zero-order valence-corrected chi connectivity index (χ0v) is 11.2. The third kappa shape index (κ3) is 2.13. The molecule has 102 valence electrons. The van der Waals surface area contributed by atoms with Gasteiger partial charge in [0.25, 0.3) is 5.69 Å². The topological polar surface area (TPSA) is 72.6 Å². The van der Waals surface area contributed by atoms with Gasteiger partial charge in [0.1, 0.15) is 6.26 Å². The molecular weight excluding hydrogens is 278 g/mol. The van der Waals surface area contributed by atoms with Crippen LogP contribution in [0.4, 0.5) is 5.69 Å². The zero-order valence-electron chi connectivity index (χ0n) is 10.4. The molecule has 0 saturated carbocycles. The van der Waals surface area contributed by atoms with E-state index in [1.165, 1.54) is 24.4 Å². The minimum absolute atomic E-state index is 0.0183. The second kappa shape index (κ2) is 5.15. The van der Waals surface area contributed by atoms with Crippen LogP contribution in [0, 0.1) is 10.1 Å². The summed E-state index contributed by atoms with van der Waals surface area (Å²) in [5, 5.41) is 21.6. The summed E-state index contributed by atoms with van der Waals surface area (Å²) in [6.07, 6.45) is 7.05. The molecule has 20 heavy (non-hydrogen) atoms. The fourth-order valence-corrected chi connectivity index (χ4v) is 2.99. The average Bonchev–Trinajstić information content (AvgIpc) is 2.65. The van der Waals surface area contributed by atoms with Gasteiger partial charge in [0.2, 0.25) is 0 Å². The van der Waals surface area contributed by atoms with Gasteiger partial charge in [-0.2, -0.15) is 0 Å². The predicted octanol–water partition coefficient (Wildman–Crippen LogP) is 1.02. The SMILES string of the molecule is O=[N+]([O-])c1cccc2c1=COSC1C=CC(CO)=CC=21. The van der Waals surface area contributed by atoms with E-state index in [-0.39, 0.29) is 17.5 Å². The molecule has 1 atom stereocenters. The number of hydrogen-bond acceptors (Lipinski definition) is 5. The van der Waals surface area contributed by atoms with Gasteiger partial charge in [0.15, 0.2) is 0 Å². The fourth-order valence-electron chi connectivity index (χ4n) is 2.28. The van der Waals surface area contributed by atoms with Crippen LogP contribution in [0.1, 0.15) is 0 Å². The standard InChI is InChI=1S/C14H11NO4S/c16-7-9-4-5-14-11(6-9)10-2-1-3-13(15(17)18)12(10)8-19-20-14/h1-6,8,14,16H,7H2. The third-order valence-corrected chi connectivity index (χ3v) is 4.06. The minimum atomic E-state index is -0.417. The first-order valence-electron chi connectivity index (χ1n) is 6.00. The summed E-state index contributed by atoms with van der Waals surface area (Å²) < 4.78 is 5.37. The van der Waals surface area contributed by atoms with E-state index in [4.69, 9.17) is 4.18 Å². The van der Waals surface area contributed by atoms with Crippen molar-refractivity contribution in [1.29, 1.82) is 0 Å². The predicted molar refractivity (Wildman–Crippen MR) is 77.0 cm³/mol. The molecule has 1 aromatic rings. The largest absolute Gasteiger partial charge is 0.432 e. The van der Waals surface area contributed by atoms with Crippen LogP contribution in [0.15, 0.2) is 42.0 Å². The van der Waals surface area contributed by atoms with Crippen LogP contribution in [0.3, 0.4) is 0 Å². The van der Waals surface area contributed by atoms with Crippen LogP contribution >= 0.6 is 12.0 Å². The molecule has 0 amide bonds. The summed E-state index contributed by atoms with van der Waals surface area (Å²) in [5.74, 6) is 0. The highest BCUT2D eigenvalue weighted by Crippen LogP contribution is 2.29. The number of fused-ring (bicyclic) bond motifs is 2. The molecule has 0 aromatic heterocycles. The van der Waals surface area contributed by atoms with E-state index in [2.05, 4.69) is 0 Å². The Morgan fingerprint density at radius 3 is 3.05 bits per heavy atom. The molecule has 1 heterocycles. The number of hydrogen-bond donors (Lipinski definition) is 1. The van der Waals surface area contributed by atoms with E-state index < -0.39 is 4.92 Å². The molecule has 0 spiro atoms. The Kier molecular flexibility index (Phi) is 3.33. The summed E-state index contributed by atoms with van der Waals surface area (Å²) in [7, 11) is 0. The second-order valence-corrected chi connectivity index (χ2v) is 5.31. The number of allylic oxidation sites excluding steroid dienone is 1. The van der Waals surface area contributed by atoms with E-state index in [1.807, 2.05) is 24.3 Å². The molecule has 0 bridgehead atoms. The molecular formula is C14H11NO4S. The highest BCUT2D eigenvalue weighted by atomic mass is 32.2. The maximum Gasteiger partial charge on any atom is 0.280 e. The lowest BCUT2D eigenvalue weighted by Gasteiger charge is -2.16. The van der Waals surface area contributed by atoms with Crippen molar-refractivity contribution in [2.75, 3.05) is 6.61 Å². The number of nitro benzene ring substituents is 1. The number of non-ortho nitro benzene ring substituents is 1. The van der Waals surface area contributed by atoms with Crippen molar-refractivity contribution in [3.8, 4) is 0 Å². The lowest BCUT2D eigenvalue weighted by atomic mass is 9.98. The van der Waals surface area contributed by atoms with Crippen LogP contribution in [0.5, 0.6) is 0 Å². The van der Waals surface area contributed by atoms with Crippen molar-refractivity contribution >= 4 is 29.6 Å². The molecule has 0 saturated heterocycles. The number of rotatable bonds is 2. The van der Waals surface area contributed by atoms with Crippen LogP contribution in [0.2, 0.25) is 0 Å². The molecule has 3 rings (SSSR count). The van der Waals surface area contributed by atoms with Crippen molar-refractivity contribution in [2.24, 2.45) is 0 Å². The molecule has 1 unspecified atom stereocenters. The first kappa shape index (κ1) is 13.0. The molecule has 0 fully saturated rings. The van der Waals surface area contributed by atoms with Crippen LogP contribution < -0.4 is 10.4 Å². The Hall–Kier alpha value is -2.05. The van der Waals surface area contributed by atoms with E-state index in [1.54, 1.807) is 6.07 Å². The van der Waals surface area contributed by atoms with Crippen molar-refractivity contribution in [3.05, 3.63) is 62.6 Å². The Morgan fingerprint density at radius 1 is 1.45 bits per heavy atom. The zero-order chi connectivity index (χ0) is 14.1. The van der Waals surface area contributed by atoms with E-state index in [0.717, 1.165) is 16.4 Å². The third-order valence-electron chi connectivity index (χ3n) is 3.23. The molecule has 1 N–H and O–H groups in total. The highest BCUT2D eigenvalue weighted by Gasteiger charge is 2.21. The van der Waals surface area contributed by atoms with Gasteiger partial charge >= 0.3 is 0 Å². The van der Waals surface area contributed by atoms with E-state index in [0.29, 0.717) is 5.22 Å². The van der Waals surface area contributed by atoms with Crippen molar-refractivity contribution in [1.82, 2.24) is 0 Å². The maximum atomic E-state index is 11.1. The van der Waals surface area contributed by atoms with E-state index >= 15 is 0 Å². The van der Waals surface area contributed by atoms with Gasteiger partial charge in [-0.05, 0) is 16.4 Å². The Morgan fingerprint density at radius 2 is 2.30 bits per heavy atom. The minimum Gasteiger partial charge on any atom is -0.432 e. The summed E-state index contributed by atoms with van der Waals surface area (Å²) >= 11 is 1.23. The van der Waals surface area contributed by atoms with Crippen LogP contribution in [-0.4, -0.2) is 21.9 Å². The number of benzene rings is 1. The van der Waals surface area contributed by atoms with Gasteiger partial charge in [0, 0.05) is 6.07 Å². The second-order valence-electron chi connectivity index (χ2n) is 4.42. The van der Waals surface area contributed by atoms with Gasteiger partial charge in [-0.25, -0.2) is 0 Å². The van der Waals surface area contributed by atoms with Gasteiger partial charge < -0.3 is 9.29 Å². The molecule has 1 aliphatic heterocycles. The lowest BCUT2D eigenvalue weighted by Crippen LogP contribution is -2.30. The lowest BCUT2D eigenvalue weighted by molar-refractivity contribution is -0.386. The van der Waals surface area contributed by atoms with Gasteiger partial charge in [-0.15, -0.1) is 0 Å².